The number of thiophene rings is 1. The lowest BCUT2D eigenvalue weighted by atomic mass is 10.2. The van der Waals surface area contributed by atoms with Crippen molar-refractivity contribution in [2.24, 2.45) is 5.73 Å². The van der Waals surface area contributed by atoms with E-state index < -0.39 is 0 Å². The molecule has 1 aliphatic rings. The fraction of sp³-hybridized carbons (Fsp3) is 0.455. The summed E-state index contributed by atoms with van der Waals surface area (Å²) < 4.78 is 6.25. The van der Waals surface area contributed by atoms with E-state index in [1.54, 1.807) is 18.4 Å². The molecule has 0 saturated carbocycles. The van der Waals surface area contributed by atoms with Crippen LogP contribution >= 0.6 is 27.3 Å². The van der Waals surface area contributed by atoms with Gasteiger partial charge in [0.1, 0.15) is 6.04 Å². The van der Waals surface area contributed by atoms with E-state index in [-0.39, 0.29) is 12.1 Å². The molecule has 94 valence electrons. The fourth-order valence-electron chi connectivity index (χ4n) is 1.81. The molecule has 1 aromatic rings. The van der Waals surface area contributed by atoms with Crippen molar-refractivity contribution in [2.45, 2.75) is 19.0 Å². The average molecular weight is 319 g/mol. The summed E-state index contributed by atoms with van der Waals surface area (Å²) in [7, 11) is 1.68. The van der Waals surface area contributed by atoms with Crippen LogP contribution in [0.5, 0.6) is 0 Å². The summed E-state index contributed by atoms with van der Waals surface area (Å²) in [6.45, 7) is 2.65. The molecule has 2 N–H and O–H groups in total. The van der Waals surface area contributed by atoms with Crippen LogP contribution in [0.15, 0.2) is 27.9 Å². The molecule has 0 spiro atoms. The van der Waals surface area contributed by atoms with Gasteiger partial charge in [-0.2, -0.15) is 0 Å². The lowest BCUT2D eigenvalue weighted by molar-refractivity contribution is -0.158. The second-order valence-corrected chi connectivity index (χ2v) is 6.41. The van der Waals surface area contributed by atoms with Crippen LogP contribution in [-0.4, -0.2) is 24.8 Å². The molecule has 0 saturated heterocycles. The summed E-state index contributed by atoms with van der Waals surface area (Å²) in [6.07, 6.45) is 1.92. The van der Waals surface area contributed by atoms with Gasteiger partial charge in [0.15, 0.2) is 0 Å². The minimum absolute atomic E-state index is 0.0662. The molecular formula is C11H15BrN2O2S. The van der Waals surface area contributed by atoms with E-state index in [9.17, 15) is 0 Å². The zero-order chi connectivity index (χ0) is 12.4. The summed E-state index contributed by atoms with van der Waals surface area (Å²) >= 11 is 5.14. The highest BCUT2D eigenvalue weighted by Crippen LogP contribution is 2.36. The Balaban J connectivity index is 2.18. The van der Waals surface area contributed by atoms with Crippen molar-refractivity contribution in [3.05, 3.63) is 32.8 Å². The average Bonchev–Trinajstić information content (AvgIpc) is 2.84. The van der Waals surface area contributed by atoms with Crippen molar-refractivity contribution in [1.82, 2.24) is 5.06 Å². The predicted octanol–water partition coefficient (Wildman–Crippen LogP) is 2.63. The highest BCUT2D eigenvalue weighted by molar-refractivity contribution is 9.11. The molecular weight excluding hydrogens is 304 g/mol. The maximum Gasteiger partial charge on any atom is 0.207 e. The van der Waals surface area contributed by atoms with Crippen LogP contribution in [0, 0.1) is 0 Å². The number of nitrogens with zero attached hydrogens (tertiary/aromatic N) is 1. The molecule has 0 aromatic carbocycles. The van der Waals surface area contributed by atoms with Crippen molar-refractivity contribution in [1.29, 1.82) is 0 Å². The van der Waals surface area contributed by atoms with Gasteiger partial charge in [-0.1, -0.05) is 0 Å². The van der Waals surface area contributed by atoms with Crippen LogP contribution in [0.3, 0.4) is 0 Å². The van der Waals surface area contributed by atoms with Crippen LogP contribution in [-0.2, 0) is 9.57 Å². The SMILES string of the molecule is COCC(C)N1OC(N)=CC1c1ccc(Br)s1. The van der Waals surface area contributed by atoms with E-state index in [4.69, 9.17) is 15.3 Å². The number of hydrogen-bond donors (Lipinski definition) is 1. The molecule has 1 aromatic heterocycles. The number of methoxy groups -OCH3 is 1. The van der Waals surface area contributed by atoms with Gasteiger partial charge in [-0.3, -0.25) is 0 Å². The summed E-state index contributed by atoms with van der Waals surface area (Å²) in [5.41, 5.74) is 5.74. The Morgan fingerprint density at radius 2 is 2.41 bits per heavy atom. The molecule has 6 heteroatoms. The summed E-state index contributed by atoms with van der Waals surface area (Å²) in [6, 6.07) is 4.31. The standard InChI is InChI=1S/C11H15BrN2O2S/c1-7(6-15-2)14-8(5-11(13)16-14)9-3-4-10(12)17-9/h3-5,7-8H,6,13H2,1-2H3. The number of hydroxylamine groups is 2. The first-order chi connectivity index (χ1) is 8.11. The van der Waals surface area contributed by atoms with Crippen LogP contribution in [0.25, 0.3) is 0 Å². The van der Waals surface area contributed by atoms with Crippen molar-refractivity contribution in [3.63, 3.8) is 0 Å². The third-order valence-electron chi connectivity index (χ3n) is 2.53. The largest absolute Gasteiger partial charge is 0.387 e. The van der Waals surface area contributed by atoms with Gasteiger partial charge < -0.3 is 15.3 Å². The van der Waals surface area contributed by atoms with Gasteiger partial charge in [0.25, 0.3) is 0 Å². The van der Waals surface area contributed by atoms with Gasteiger partial charge in [-0.15, -0.1) is 16.4 Å². The normalized spacial score (nSPS) is 22.3. The number of nitrogens with two attached hydrogens (primary N) is 1. The minimum Gasteiger partial charge on any atom is -0.387 e. The van der Waals surface area contributed by atoms with Crippen LogP contribution in [0.2, 0.25) is 0 Å². The third-order valence-corrected chi connectivity index (χ3v) is 4.23. The van der Waals surface area contributed by atoms with Crippen molar-refractivity contribution in [3.8, 4) is 0 Å². The quantitative estimate of drug-likeness (QED) is 0.927. The first-order valence-electron chi connectivity index (χ1n) is 5.29. The zero-order valence-corrected chi connectivity index (χ0v) is 12.1. The molecule has 0 amide bonds. The van der Waals surface area contributed by atoms with E-state index in [2.05, 4.69) is 22.0 Å². The highest BCUT2D eigenvalue weighted by atomic mass is 79.9. The van der Waals surface area contributed by atoms with Crippen LogP contribution in [0.1, 0.15) is 17.8 Å². The molecule has 17 heavy (non-hydrogen) atoms. The first-order valence-corrected chi connectivity index (χ1v) is 6.90. The maximum atomic E-state index is 5.74. The molecule has 4 nitrogen and oxygen atoms in total. The predicted molar refractivity (Wildman–Crippen MR) is 71.3 cm³/mol. The highest BCUT2D eigenvalue weighted by Gasteiger charge is 2.32. The lowest BCUT2D eigenvalue weighted by Gasteiger charge is -2.27. The Morgan fingerprint density at radius 3 is 3.00 bits per heavy atom. The Labute approximate surface area is 113 Å². The van der Waals surface area contributed by atoms with Crippen molar-refractivity contribution >= 4 is 27.3 Å². The van der Waals surface area contributed by atoms with Crippen molar-refractivity contribution in [2.75, 3.05) is 13.7 Å². The molecule has 2 rings (SSSR count). The zero-order valence-electron chi connectivity index (χ0n) is 9.72. The topological polar surface area (TPSA) is 47.7 Å². The van der Waals surface area contributed by atoms with Crippen LogP contribution < -0.4 is 5.73 Å². The molecule has 2 heterocycles. The Hall–Kier alpha value is -0.560. The molecule has 0 radical (unpaired) electrons. The van der Waals surface area contributed by atoms with Gasteiger partial charge in [0.2, 0.25) is 5.88 Å². The number of hydrogen-bond acceptors (Lipinski definition) is 5. The second kappa shape index (κ2) is 5.39. The van der Waals surface area contributed by atoms with Gasteiger partial charge >= 0.3 is 0 Å². The molecule has 2 unspecified atom stereocenters. The molecule has 0 aliphatic carbocycles. The first kappa shape index (κ1) is 12.9. The molecule has 0 bridgehead atoms. The minimum atomic E-state index is 0.0662. The van der Waals surface area contributed by atoms with E-state index >= 15 is 0 Å². The van der Waals surface area contributed by atoms with E-state index in [0.29, 0.717) is 12.5 Å². The molecule has 2 atom stereocenters. The molecule has 0 fully saturated rings. The molecule has 1 aliphatic heterocycles. The van der Waals surface area contributed by atoms with Crippen LogP contribution in [0.4, 0.5) is 0 Å². The third kappa shape index (κ3) is 2.82. The number of ether oxygens (including phenoxy) is 1. The smallest absolute Gasteiger partial charge is 0.207 e. The Morgan fingerprint density at radius 1 is 1.65 bits per heavy atom. The van der Waals surface area contributed by atoms with Gasteiger partial charge in [-0.05, 0) is 35.0 Å². The Bertz CT molecular complexity index is 421. The van der Waals surface area contributed by atoms with Gasteiger partial charge in [0, 0.05) is 18.1 Å². The maximum absolute atomic E-state index is 5.74. The number of halogens is 1. The van der Waals surface area contributed by atoms with Gasteiger partial charge in [-0.25, -0.2) is 0 Å². The number of rotatable bonds is 4. The van der Waals surface area contributed by atoms with E-state index in [1.165, 1.54) is 4.88 Å². The van der Waals surface area contributed by atoms with Crippen molar-refractivity contribution < 1.29 is 9.57 Å². The Kier molecular flexibility index (Phi) is 4.09. The van der Waals surface area contributed by atoms with Gasteiger partial charge in [0.05, 0.1) is 16.4 Å². The fourth-order valence-corrected chi connectivity index (χ4v) is 3.29. The lowest BCUT2D eigenvalue weighted by Crippen LogP contribution is -2.35. The summed E-state index contributed by atoms with van der Waals surface area (Å²) in [5, 5.41) is 1.87. The monoisotopic (exact) mass is 318 g/mol. The second-order valence-electron chi connectivity index (χ2n) is 3.91. The van der Waals surface area contributed by atoms with E-state index in [1.807, 2.05) is 24.1 Å². The summed E-state index contributed by atoms with van der Waals surface area (Å²) in [4.78, 5) is 6.73. The summed E-state index contributed by atoms with van der Waals surface area (Å²) in [5.74, 6) is 0.447. The van der Waals surface area contributed by atoms with E-state index in [0.717, 1.165) is 3.79 Å².